The lowest BCUT2D eigenvalue weighted by Crippen LogP contribution is -2.37. The van der Waals surface area contributed by atoms with Gasteiger partial charge in [-0.05, 0) is 49.1 Å². The number of methoxy groups -OCH3 is 1. The molecular formula is C22H21FN2O2S. The van der Waals surface area contributed by atoms with E-state index in [-0.39, 0.29) is 17.8 Å². The Morgan fingerprint density at radius 3 is 2.96 bits per heavy atom. The molecule has 1 fully saturated rings. The fraction of sp³-hybridized carbons (Fsp3) is 0.273. The molecule has 144 valence electrons. The van der Waals surface area contributed by atoms with Crippen molar-refractivity contribution in [2.45, 2.75) is 25.3 Å². The lowest BCUT2D eigenvalue weighted by Gasteiger charge is -2.24. The molecule has 1 aliphatic rings. The van der Waals surface area contributed by atoms with Gasteiger partial charge in [-0.2, -0.15) is 0 Å². The minimum absolute atomic E-state index is 0.0794. The van der Waals surface area contributed by atoms with Crippen molar-refractivity contribution in [3.63, 3.8) is 0 Å². The first-order chi connectivity index (χ1) is 13.7. The zero-order valence-electron chi connectivity index (χ0n) is 15.6. The van der Waals surface area contributed by atoms with E-state index in [4.69, 9.17) is 4.74 Å². The van der Waals surface area contributed by atoms with E-state index in [1.807, 2.05) is 23.1 Å². The molecule has 1 amide bonds. The average molecular weight is 396 g/mol. The molecule has 0 bridgehead atoms. The summed E-state index contributed by atoms with van der Waals surface area (Å²) in [5.41, 5.74) is 1.97. The average Bonchev–Trinajstić information content (AvgIpc) is 3.38. The summed E-state index contributed by atoms with van der Waals surface area (Å²) in [6.07, 6.45) is 2.73. The van der Waals surface area contributed by atoms with Gasteiger partial charge in [-0.25, -0.2) is 9.37 Å². The highest BCUT2D eigenvalue weighted by Gasteiger charge is 2.31. The Morgan fingerprint density at radius 2 is 2.14 bits per heavy atom. The van der Waals surface area contributed by atoms with E-state index in [1.54, 1.807) is 30.7 Å². The Balaban J connectivity index is 1.52. The van der Waals surface area contributed by atoms with Crippen LogP contribution in [-0.2, 0) is 6.42 Å². The third kappa shape index (κ3) is 3.78. The molecule has 2 heterocycles. The monoisotopic (exact) mass is 396 g/mol. The third-order valence-corrected chi connectivity index (χ3v) is 5.95. The Kier molecular flexibility index (Phi) is 5.39. The molecular weight excluding hydrogens is 375 g/mol. The molecule has 28 heavy (non-hydrogen) atoms. The number of aromatic nitrogens is 1. The van der Waals surface area contributed by atoms with Crippen molar-refractivity contribution in [1.29, 1.82) is 0 Å². The van der Waals surface area contributed by atoms with Crippen LogP contribution in [0.5, 0.6) is 5.75 Å². The molecule has 1 saturated heterocycles. The predicted octanol–water partition coefficient (Wildman–Crippen LogP) is 4.81. The summed E-state index contributed by atoms with van der Waals surface area (Å²) in [7, 11) is 1.65. The molecule has 4 rings (SSSR count). The second-order valence-electron chi connectivity index (χ2n) is 6.87. The Hall–Kier alpha value is -2.73. The zero-order chi connectivity index (χ0) is 19.5. The van der Waals surface area contributed by atoms with Crippen LogP contribution in [0, 0.1) is 5.82 Å². The van der Waals surface area contributed by atoms with Crippen LogP contribution < -0.4 is 4.74 Å². The van der Waals surface area contributed by atoms with Crippen LogP contribution in [0.25, 0.3) is 10.6 Å². The summed E-state index contributed by atoms with van der Waals surface area (Å²) in [5, 5.41) is 2.26. The molecule has 0 aliphatic carbocycles. The highest BCUT2D eigenvalue weighted by atomic mass is 32.1. The van der Waals surface area contributed by atoms with E-state index in [2.05, 4.69) is 11.1 Å². The van der Waals surface area contributed by atoms with Gasteiger partial charge < -0.3 is 9.64 Å². The number of likely N-dealkylation sites (tertiary alicyclic amines) is 1. The largest absolute Gasteiger partial charge is 0.497 e. The molecule has 1 unspecified atom stereocenters. The smallest absolute Gasteiger partial charge is 0.273 e. The SMILES string of the molecule is COc1cccc(CC2CCCN2C(=O)c2csc(-c3ccccc3F)n2)c1. The first kappa shape index (κ1) is 18.6. The summed E-state index contributed by atoms with van der Waals surface area (Å²) >= 11 is 1.30. The van der Waals surface area contributed by atoms with Gasteiger partial charge in [0, 0.05) is 23.5 Å². The molecule has 1 aromatic heterocycles. The number of halogens is 1. The van der Waals surface area contributed by atoms with Crippen molar-refractivity contribution in [3.8, 4) is 16.3 Å². The number of carbonyl (C=O) groups excluding carboxylic acids is 1. The summed E-state index contributed by atoms with van der Waals surface area (Å²) in [6.45, 7) is 0.722. The van der Waals surface area contributed by atoms with E-state index in [1.165, 1.54) is 17.4 Å². The van der Waals surface area contributed by atoms with Crippen molar-refractivity contribution in [1.82, 2.24) is 9.88 Å². The molecule has 4 nitrogen and oxygen atoms in total. The number of carbonyl (C=O) groups is 1. The van der Waals surface area contributed by atoms with Crippen LogP contribution in [-0.4, -0.2) is 35.5 Å². The topological polar surface area (TPSA) is 42.4 Å². The molecule has 0 saturated carbocycles. The number of benzene rings is 2. The number of amides is 1. The fourth-order valence-electron chi connectivity index (χ4n) is 3.66. The lowest BCUT2D eigenvalue weighted by molar-refractivity contribution is 0.0731. The van der Waals surface area contributed by atoms with Crippen molar-refractivity contribution in [3.05, 3.63) is 71.0 Å². The second kappa shape index (κ2) is 8.10. The first-order valence-corrected chi connectivity index (χ1v) is 10.2. The quantitative estimate of drug-likeness (QED) is 0.622. The lowest BCUT2D eigenvalue weighted by atomic mass is 10.0. The first-order valence-electron chi connectivity index (χ1n) is 9.30. The molecule has 6 heteroatoms. The fourth-order valence-corrected chi connectivity index (χ4v) is 4.48. The van der Waals surface area contributed by atoms with Gasteiger partial charge in [0.2, 0.25) is 0 Å². The van der Waals surface area contributed by atoms with E-state index >= 15 is 0 Å². The molecule has 1 aliphatic heterocycles. The van der Waals surface area contributed by atoms with Crippen molar-refractivity contribution < 1.29 is 13.9 Å². The number of rotatable bonds is 5. The Bertz CT molecular complexity index is 988. The highest BCUT2D eigenvalue weighted by Crippen LogP contribution is 2.29. The normalized spacial score (nSPS) is 16.4. The maximum Gasteiger partial charge on any atom is 0.273 e. The number of thiazole rings is 1. The van der Waals surface area contributed by atoms with Crippen LogP contribution in [0.1, 0.15) is 28.9 Å². The zero-order valence-corrected chi connectivity index (χ0v) is 16.4. The van der Waals surface area contributed by atoms with Gasteiger partial charge in [-0.15, -0.1) is 11.3 Å². The van der Waals surface area contributed by atoms with Crippen molar-refractivity contribution in [2.75, 3.05) is 13.7 Å². The molecule has 2 aromatic carbocycles. The van der Waals surface area contributed by atoms with Crippen LogP contribution in [0.4, 0.5) is 4.39 Å². The van der Waals surface area contributed by atoms with Gasteiger partial charge in [0.25, 0.3) is 5.91 Å². The van der Waals surface area contributed by atoms with Crippen molar-refractivity contribution in [2.24, 2.45) is 0 Å². The standard InChI is InChI=1S/C22H21FN2O2S/c1-27-17-8-4-6-15(13-17)12-16-7-5-11-25(16)22(26)20-14-28-21(24-20)18-9-2-3-10-19(18)23/h2-4,6,8-10,13-14,16H,5,7,11-12H2,1H3. The van der Waals surface area contributed by atoms with Gasteiger partial charge in [0.15, 0.2) is 0 Å². The minimum Gasteiger partial charge on any atom is -0.497 e. The Labute approximate surface area is 167 Å². The van der Waals surface area contributed by atoms with E-state index in [0.29, 0.717) is 16.3 Å². The minimum atomic E-state index is -0.326. The van der Waals surface area contributed by atoms with Gasteiger partial charge >= 0.3 is 0 Å². The second-order valence-corrected chi connectivity index (χ2v) is 7.73. The van der Waals surface area contributed by atoms with E-state index in [0.717, 1.165) is 37.1 Å². The van der Waals surface area contributed by atoms with Gasteiger partial charge in [-0.3, -0.25) is 4.79 Å². The van der Waals surface area contributed by atoms with Gasteiger partial charge in [0.05, 0.1) is 7.11 Å². The number of nitrogens with zero attached hydrogens (tertiary/aromatic N) is 2. The Morgan fingerprint density at radius 1 is 1.29 bits per heavy atom. The summed E-state index contributed by atoms with van der Waals surface area (Å²) < 4.78 is 19.3. The third-order valence-electron chi connectivity index (χ3n) is 5.07. The highest BCUT2D eigenvalue weighted by molar-refractivity contribution is 7.13. The summed E-state index contributed by atoms with van der Waals surface area (Å²) in [5.74, 6) is 0.416. The maximum absolute atomic E-state index is 14.0. The molecule has 3 aromatic rings. The maximum atomic E-state index is 14.0. The van der Waals surface area contributed by atoms with Gasteiger partial charge in [0.1, 0.15) is 22.3 Å². The van der Waals surface area contributed by atoms with Gasteiger partial charge in [-0.1, -0.05) is 24.3 Å². The van der Waals surface area contributed by atoms with E-state index in [9.17, 15) is 9.18 Å². The van der Waals surface area contributed by atoms with Crippen molar-refractivity contribution >= 4 is 17.2 Å². The van der Waals surface area contributed by atoms with Crippen LogP contribution >= 0.6 is 11.3 Å². The van der Waals surface area contributed by atoms with Crippen LogP contribution in [0.15, 0.2) is 53.9 Å². The molecule has 1 atom stereocenters. The number of ether oxygens (including phenoxy) is 1. The summed E-state index contributed by atoms with van der Waals surface area (Å²) in [4.78, 5) is 19.4. The van der Waals surface area contributed by atoms with Crippen LogP contribution in [0.3, 0.4) is 0 Å². The summed E-state index contributed by atoms with van der Waals surface area (Å²) in [6, 6.07) is 14.6. The molecule has 0 spiro atoms. The number of hydrogen-bond donors (Lipinski definition) is 0. The molecule has 0 N–H and O–H groups in total. The molecule has 0 radical (unpaired) electrons. The number of hydrogen-bond acceptors (Lipinski definition) is 4. The predicted molar refractivity (Wildman–Crippen MR) is 108 cm³/mol. The van der Waals surface area contributed by atoms with Crippen LogP contribution in [0.2, 0.25) is 0 Å². The van der Waals surface area contributed by atoms with E-state index < -0.39 is 0 Å².